The summed E-state index contributed by atoms with van der Waals surface area (Å²) in [7, 11) is 0. The second kappa shape index (κ2) is 7.70. The number of unbranched alkanes of at least 4 members (excludes halogenated alkanes) is 1. The van der Waals surface area contributed by atoms with Crippen molar-refractivity contribution in [2.24, 2.45) is 0 Å². The van der Waals surface area contributed by atoms with Crippen LogP contribution in [0.4, 0.5) is 5.69 Å². The van der Waals surface area contributed by atoms with Gasteiger partial charge in [-0.25, -0.2) is 4.98 Å². The second-order valence-corrected chi connectivity index (χ2v) is 6.69. The number of imidazole rings is 1. The first-order valence-electron chi connectivity index (χ1n) is 9.42. The highest BCUT2D eigenvalue weighted by molar-refractivity contribution is 6.05. The molecule has 0 saturated carbocycles. The van der Waals surface area contributed by atoms with Crippen molar-refractivity contribution in [1.82, 2.24) is 9.97 Å². The fourth-order valence-electron chi connectivity index (χ4n) is 3.11. The van der Waals surface area contributed by atoms with Crippen molar-refractivity contribution >= 4 is 22.6 Å². The number of hydrogen-bond donors (Lipinski definition) is 2. The van der Waals surface area contributed by atoms with E-state index in [0.29, 0.717) is 30.3 Å². The van der Waals surface area contributed by atoms with Crippen LogP contribution in [0, 0.1) is 0 Å². The third-order valence-corrected chi connectivity index (χ3v) is 4.57. The van der Waals surface area contributed by atoms with E-state index in [9.17, 15) is 4.79 Å². The fourth-order valence-corrected chi connectivity index (χ4v) is 3.11. The van der Waals surface area contributed by atoms with Gasteiger partial charge in [-0.1, -0.05) is 13.3 Å². The third-order valence-electron chi connectivity index (χ3n) is 4.57. The number of rotatable bonds is 5. The van der Waals surface area contributed by atoms with Crippen LogP contribution in [-0.4, -0.2) is 29.1 Å². The van der Waals surface area contributed by atoms with Gasteiger partial charge in [-0.2, -0.15) is 0 Å². The molecular weight excluding hydrogens is 342 g/mol. The van der Waals surface area contributed by atoms with Gasteiger partial charge in [0.2, 0.25) is 0 Å². The molecular formula is C21H23N3O3. The lowest BCUT2D eigenvalue weighted by Gasteiger charge is -2.10. The van der Waals surface area contributed by atoms with Crippen LogP contribution in [-0.2, 0) is 6.42 Å². The molecule has 0 atom stereocenters. The number of fused-ring (bicyclic) bond motifs is 2. The Kier molecular flexibility index (Phi) is 4.96. The Labute approximate surface area is 157 Å². The molecule has 2 aromatic carbocycles. The van der Waals surface area contributed by atoms with Gasteiger partial charge in [-0.05, 0) is 42.8 Å². The number of carbonyl (C=O) groups is 1. The minimum Gasteiger partial charge on any atom is -0.490 e. The lowest BCUT2D eigenvalue weighted by atomic mass is 10.1. The molecule has 0 unspecified atom stereocenters. The summed E-state index contributed by atoms with van der Waals surface area (Å²) in [6, 6.07) is 11.0. The summed E-state index contributed by atoms with van der Waals surface area (Å²) in [5, 5.41) is 2.94. The van der Waals surface area contributed by atoms with Crippen molar-refractivity contribution in [2.45, 2.75) is 32.6 Å². The van der Waals surface area contributed by atoms with Crippen molar-refractivity contribution in [3.05, 3.63) is 47.8 Å². The molecule has 3 aromatic rings. The maximum atomic E-state index is 12.6. The van der Waals surface area contributed by atoms with Gasteiger partial charge in [0.15, 0.2) is 11.5 Å². The number of carbonyl (C=O) groups excluding carboxylic acids is 1. The van der Waals surface area contributed by atoms with E-state index in [0.717, 1.165) is 48.2 Å². The van der Waals surface area contributed by atoms with Gasteiger partial charge < -0.3 is 19.8 Å². The number of amides is 1. The number of H-pyrrole nitrogens is 1. The van der Waals surface area contributed by atoms with Gasteiger partial charge in [0, 0.05) is 24.1 Å². The molecule has 0 bridgehead atoms. The summed E-state index contributed by atoms with van der Waals surface area (Å²) in [5.74, 6) is 2.10. The average molecular weight is 365 g/mol. The molecule has 2 heterocycles. The molecule has 4 rings (SSSR count). The van der Waals surface area contributed by atoms with Gasteiger partial charge in [0.25, 0.3) is 5.91 Å². The molecule has 0 aliphatic carbocycles. The van der Waals surface area contributed by atoms with Crippen LogP contribution in [0.1, 0.15) is 42.4 Å². The summed E-state index contributed by atoms with van der Waals surface area (Å²) in [4.78, 5) is 20.6. The zero-order valence-corrected chi connectivity index (χ0v) is 15.4. The Hall–Kier alpha value is -3.02. The van der Waals surface area contributed by atoms with Crippen molar-refractivity contribution < 1.29 is 14.3 Å². The maximum Gasteiger partial charge on any atom is 0.255 e. The summed E-state index contributed by atoms with van der Waals surface area (Å²) < 4.78 is 11.3. The van der Waals surface area contributed by atoms with Crippen molar-refractivity contribution in [3.8, 4) is 11.5 Å². The number of anilines is 1. The minimum atomic E-state index is -0.185. The van der Waals surface area contributed by atoms with Crippen molar-refractivity contribution in [1.29, 1.82) is 0 Å². The second-order valence-electron chi connectivity index (χ2n) is 6.69. The monoisotopic (exact) mass is 365 g/mol. The normalized spacial score (nSPS) is 13.4. The Morgan fingerprint density at radius 3 is 2.85 bits per heavy atom. The van der Waals surface area contributed by atoms with E-state index in [1.165, 1.54) is 0 Å². The van der Waals surface area contributed by atoms with E-state index in [-0.39, 0.29) is 5.91 Å². The highest BCUT2D eigenvalue weighted by Gasteiger charge is 2.14. The summed E-state index contributed by atoms with van der Waals surface area (Å²) in [6.45, 7) is 3.38. The van der Waals surface area contributed by atoms with Crippen molar-refractivity contribution in [2.75, 3.05) is 18.5 Å². The summed E-state index contributed by atoms with van der Waals surface area (Å²) >= 11 is 0. The van der Waals surface area contributed by atoms with Crippen LogP contribution in [0.3, 0.4) is 0 Å². The Morgan fingerprint density at radius 2 is 2.00 bits per heavy atom. The number of nitrogens with zero attached hydrogens (tertiary/aromatic N) is 1. The van der Waals surface area contributed by atoms with Gasteiger partial charge >= 0.3 is 0 Å². The number of hydrogen-bond acceptors (Lipinski definition) is 4. The Balaban J connectivity index is 1.51. The first-order valence-corrected chi connectivity index (χ1v) is 9.42. The number of aryl methyl sites for hydroxylation is 1. The van der Waals surface area contributed by atoms with Gasteiger partial charge in [0.05, 0.1) is 24.2 Å². The van der Waals surface area contributed by atoms with Crippen LogP contribution in [0.25, 0.3) is 11.0 Å². The number of ether oxygens (including phenoxy) is 2. The fraction of sp³-hybridized carbons (Fsp3) is 0.333. The topological polar surface area (TPSA) is 76.2 Å². The number of nitrogens with one attached hydrogen (secondary N) is 2. The van der Waals surface area contributed by atoms with E-state index in [1.807, 2.05) is 18.2 Å². The predicted octanol–water partition coefficient (Wildman–Crippen LogP) is 4.32. The molecule has 140 valence electrons. The first-order chi connectivity index (χ1) is 13.2. The van der Waals surface area contributed by atoms with Crippen LogP contribution >= 0.6 is 0 Å². The molecule has 2 N–H and O–H groups in total. The lowest BCUT2D eigenvalue weighted by Crippen LogP contribution is -2.12. The number of aromatic amines is 1. The largest absolute Gasteiger partial charge is 0.490 e. The first kappa shape index (κ1) is 17.4. The standard InChI is InChI=1S/C21H23N3O3/c1-2-3-5-20-23-16-8-7-15(13-17(16)24-20)22-21(25)14-6-9-18-19(12-14)27-11-4-10-26-18/h6-9,12-13H,2-5,10-11H2,1H3,(H,22,25)(H,23,24). The molecule has 6 nitrogen and oxygen atoms in total. The molecule has 0 fully saturated rings. The van der Waals surface area contributed by atoms with Gasteiger partial charge in [-0.15, -0.1) is 0 Å². The molecule has 1 aromatic heterocycles. The van der Waals surface area contributed by atoms with Gasteiger partial charge in [-0.3, -0.25) is 4.79 Å². The van der Waals surface area contributed by atoms with E-state index < -0.39 is 0 Å². The zero-order chi connectivity index (χ0) is 18.6. The minimum absolute atomic E-state index is 0.185. The molecule has 0 saturated heterocycles. The highest BCUT2D eigenvalue weighted by atomic mass is 16.5. The van der Waals surface area contributed by atoms with Crippen LogP contribution in [0.15, 0.2) is 36.4 Å². The van der Waals surface area contributed by atoms with Crippen molar-refractivity contribution in [3.63, 3.8) is 0 Å². The third kappa shape index (κ3) is 3.89. The van der Waals surface area contributed by atoms with E-state index in [2.05, 4.69) is 22.2 Å². The average Bonchev–Trinajstić information content (AvgIpc) is 2.93. The molecule has 0 spiro atoms. The number of benzene rings is 2. The molecule has 27 heavy (non-hydrogen) atoms. The smallest absolute Gasteiger partial charge is 0.255 e. The van der Waals surface area contributed by atoms with E-state index in [4.69, 9.17) is 9.47 Å². The lowest BCUT2D eigenvalue weighted by molar-refractivity contribution is 0.102. The van der Waals surface area contributed by atoms with E-state index >= 15 is 0 Å². The van der Waals surface area contributed by atoms with Crippen LogP contribution < -0.4 is 14.8 Å². The van der Waals surface area contributed by atoms with E-state index in [1.54, 1.807) is 18.2 Å². The highest BCUT2D eigenvalue weighted by Crippen LogP contribution is 2.30. The van der Waals surface area contributed by atoms with Crippen LogP contribution in [0.5, 0.6) is 11.5 Å². The predicted molar refractivity (Wildman–Crippen MR) is 105 cm³/mol. The molecule has 1 aliphatic rings. The molecule has 0 radical (unpaired) electrons. The number of aromatic nitrogens is 2. The maximum absolute atomic E-state index is 12.6. The quantitative estimate of drug-likeness (QED) is 0.706. The van der Waals surface area contributed by atoms with Gasteiger partial charge in [0.1, 0.15) is 5.82 Å². The molecule has 1 amide bonds. The molecule has 1 aliphatic heterocycles. The summed E-state index contributed by atoms with van der Waals surface area (Å²) in [5.41, 5.74) is 3.10. The summed E-state index contributed by atoms with van der Waals surface area (Å²) in [6.07, 6.45) is 4.01. The Bertz CT molecular complexity index is 964. The molecule has 6 heteroatoms. The zero-order valence-electron chi connectivity index (χ0n) is 15.4. The Morgan fingerprint density at radius 1 is 1.15 bits per heavy atom. The SMILES string of the molecule is CCCCc1nc2ccc(NC(=O)c3ccc4c(c3)OCCCO4)cc2[nH]1. The van der Waals surface area contributed by atoms with Crippen LogP contribution in [0.2, 0.25) is 0 Å².